The predicted molar refractivity (Wildman–Crippen MR) is 128 cm³/mol. The molecule has 34 heavy (non-hydrogen) atoms. The average Bonchev–Trinajstić information content (AvgIpc) is 3.43. The first-order valence-electron chi connectivity index (χ1n) is 10.3. The fraction of sp³-hybridized carbons (Fsp3) is 0.182. The topological polar surface area (TPSA) is 121 Å². The molecule has 12 heteroatoms. The number of benzene rings is 2. The van der Waals surface area contributed by atoms with Crippen LogP contribution in [0.15, 0.2) is 59.5 Å². The van der Waals surface area contributed by atoms with Crippen LogP contribution >= 0.6 is 11.3 Å². The van der Waals surface area contributed by atoms with Crippen LogP contribution in [0.5, 0.6) is 11.6 Å². The Morgan fingerprint density at radius 1 is 1.06 bits per heavy atom. The SMILES string of the molecule is COc1ccc(-c2nnc3ccc(OCCNS(=O)(=O)c4ccc5nc(C)sc5c4)nn23)cc1. The molecule has 0 amide bonds. The Morgan fingerprint density at radius 3 is 2.68 bits per heavy atom. The van der Waals surface area contributed by atoms with Gasteiger partial charge in [0.15, 0.2) is 11.5 Å². The minimum atomic E-state index is -3.68. The lowest BCUT2D eigenvalue weighted by atomic mass is 10.2. The lowest BCUT2D eigenvalue weighted by Gasteiger charge is -2.08. The molecule has 0 aliphatic heterocycles. The molecular formula is C22H20N6O4S2. The molecule has 5 aromatic rings. The van der Waals surface area contributed by atoms with Gasteiger partial charge in [-0.25, -0.2) is 18.1 Å². The fourth-order valence-electron chi connectivity index (χ4n) is 3.37. The van der Waals surface area contributed by atoms with Crippen molar-refractivity contribution in [3.05, 3.63) is 59.6 Å². The van der Waals surface area contributed by atoms with E-state index in [4.69, 9.17) is 9.47 Å². The van der Waals surface area contributed by atoms with Crippen LogP contribution in [0.25, 0.3) is 27.3 Å². The van der Waals surface area contributed by atoms with Gasteiger partial charge in [0.1, 0.15) is 12.4 Å². The number of sulfonamides is 1. The summed E-state index contributed by atoms with van der Waals surface area (Å²) in [6, 6.07) is 15.7. The number of hydrogen-bond acceptors (Lipinski definition) is 9. The summed E-state index contributed by atoms with van der Waals surface area (Å²) in [7, 11) is -2.07. The summed E-state index contributed by atoms with van der Waals surface area (Å²) in [6.07, 6.45) is 0. The van der Waals surface area contributed by atoms with E-state index in [1.165, 1.54) is 11.3 Å². The Hall–Kier alpha value is -3.61. The van der Waals surface area contributed by atoms with Gasteiger partial charge in [0.25, 0.3) is 0 Å². The van der Waals surface area contributed by atoms with Crippen molar-refractivity contribution in [1.29, 1.82) is 0 Å². The van der Waals surface area contributed by atoms with E-state index in [9.17, 15) is 8.42 Å². The molecule has 5 rings (SSSR count). The van der Waals surface area contributed by atoms with Crippen molar-refractivity contribution < 1.29 is 17.9 Å². The van der Waals surface area contributed by atoms with Crippen LogP contribution in [-0.2, 0) is 10.0 Å². The minimum Gasteiger partial charge on any atom is -0.497 e. The largest absolute Gasteiger partial charge is 0.497 e. The Labute approximate surface area is 199 Å². The summed E-state index contributed by atoms with van der Waals surface area (Å²) in [5, 5.41) is 13.7. The second-order valence-corrected chi connectivity index (χ2v) is 10.3. The summed E-state index contributed by atoms with van der Waals surface area (Å²) < 4.78 is 41.1. The van der Waals surface area contributed by atoms with E-state index in [1.807, 2.05) is 31.2 Å². The van der Waals surface area contributed by atoms with Crippen molar-refractivity contribution in [2.75, 3.05) is 20.3 Å². The Balaban J connectivity index is 1.25. The van der Waals surface area contributed by atoms with Gasteiger partial charge < -0.3 is 9.47 Å². The highest BCUT2D eigenvalue weighted by Crippen LogP contribution is 2.25. The molecule has 0 aliphatic rings. The summed E-state index contributed by atoms with van der Waals surface area (Å²) in [6.45, 7) is 2.06. The lowest BCUT2D eigenvalue weighted by Crippen LogP contribution is -2.28. The fourth-order valence-corrected chi connectivity index (χ4v) is 5.35. The van der Waals surface area contributed by atoms with Gasteiger partial charge in [-0.1, -0.05) is 0 Å². The number of fused-ring (bicyclic) bond motifs is 2. The molecule has 0 aliphatic carbocycles. The standard InChI is InChI=1S/C22H20N6O4S2/c1-14-24-18-8-7-17(13-19(18)33-14)34(29,30)23-11-12-32-21-10-9-20-25-26-22(28(20)27-21)15-3-5-16(31-2)6-4-15/h3-10,13,23H,11-12H2,1-2H3. The first kappa shape index (κ1) is 22.2. The number of rotatable bonds is 8. The molecule has 0 spiro atoms. The third-order valence-electron chi connectivity index (χ3n) is 5.01. The second kappa shape index (κ2) is 8.97. The molecule has 0 radical (unpaired) electrons. The van der Waals surface area contributed by atoms with Gasteiger partial charge in [-0.05, 0) is 55.5 Å². The number of ether oxygens (including phenoxy) is 2. The highest BCUT2D eigenvalue weighted by molar-refractivity contribution is 7.89. The number of methoxy groups -OCH3 is 1. The van der Waals surface area contributed by atoms with Crippen LogP contribution in [0, 0.1) is 6.92 Å². The zero-order valence-corrected chi connectivity index (χ0v) is 19.9. The smallest absolute Gasteiger partial charge is 0.240 e. The number of nitrogens with one attached hydrogen (secondary N) is 1. The van der Waals surface area contributed by atoms with Gasteiger partial charge in [0.2, 0.25) is 15.9 Å². The number of aromatic nitrogens is 5. The van der Waals surface area contributed by atoms with Crippen molar-refractivity contribution in [3.63, 3.8) is 0 Å². The Morgan fingerprint density at radius 2 is 1.88 bits per heavy atom. The van der Waals surface area contributed by atoms with E-state index < -0.39 is 10.0 Å². The van der Waals surface area contributed by atoms with Crippen LogP contribution in [0.1, 0.15) is 5.01 Å². The van der Waals surface area contributed by atoms with Crippen molar-refractivity contribution >= 4 is 37.2 Å². The van der Waals surface area contributed by atoms with Gasteiger partial charge in [0.05, 0.1) is 27.2 Å². The third kappa shape index (κ3) is 4.42. The summed E-state index contributed by atoms with van der Waals surface area (Å²) in [5.41, 5.74) is 2.17. The van der Waals surface area contributed by atoms with E-state index in [0.29, 0.717) is 17.4 Å². The quantitative estimate of drug-likeness (QED) is 0.326. The number of thiazole rings is 1. The highest BCUT2D eigenvalue weighted by Gasteiger charge is 2.16. The number of nitrogens with zero attached hydrogens (tertiary/aromatic N) is 5. The lowest BCUT2D eigenvalue weighted by molar-refractivity contribution is 0.306. The molecule has 1 N–H and O–H groups in total. The maximum absolute atomic E-state index is 12.7. The van der Waals surface area contributed by atoms with E-state index in [0.717, 1.165) is 26.5 Å². The first-order valence-corrected chi connectivity index (χ1v) is 12.6. The Kier molecular flexibility index (Phi) is 5.86. The molecule has 0 saturated carbocycles. The predicted octanol–water partition coefficient (Wildman–Crippen LogP) is 3.08. The van der Waals surface area contributed by atoms with E-state index in [-0.39, 0.29) is 18.0 Å². The van der Waals surface area contributed by atoms with Crippen LogP contribution in [-0.4, -0.2) is 53.5 Å². The molecule has 0 fully saturated rings. The van der Waals surface area contributed by atoms with Crippen molar-refractivity contribution in [1.82, 2.24) is 29.5 Å². The van der Waals surface area contributed by atoms with Gasteiger partial charge >= 0.3 is 0 Å². The molecular weight excluding hydrogens is 476 g/mol. The van der Waals surface area contributed by atoms with Gasteiger partial charge in [-0.15, -0.1) is 26.6 Å². The van der Waals surface area contributed by atoms with Crippen LogP contribution in [0.2, 0.25) is 0 Å². The van der Waals surface area contributed by atoms with Gasteiger partial charge in [-0.2, -0.15) is 4.52 Å². The van der Waals surface area contributed by atoms with E-state index in [2.05, 4.69) is 25.0 Å². The molecule has 3 heterocycles. The molecule has 2 aromatic carbocycles. The van der Waals surface area contributed by atoms with Crippen LogP contribution in [0.3, 0.4) is 0 Å². The second-order valence-electron chi connectivity index (χ2n) is 7.30. The first-order chi connectivity index (χ1) is 16.4. The van der Waals surface area contributed by atoms with Crippen molar-refractivity contribution in [3.8, 4) is 23.0 Å². The van der Waals surface area contributed by atoms with E-state index >= 15 is 0 Å². The molecule has 0 atom stereocenters. The van der Waals surface area contributed by atoms with Crippen molar-refractivity contribution in [2.45, 2.75) is 11.8 Å². The molecule has 10 nitrogen and oxygen atoms in total. The molecule has 0 unspecified atom stereocenters. The maximum Gasteiger partial charge on any atom is 0.240 e. The molecule has 3 aromatic heterocycles. The number of aryl methyl sites for hydroxylation is 1. The van der Waals surface area contributed by atoms with Crippen molar-refractivity contribution in [2.24, 2.45) is 0 Å². The zero-order chi connectivity index (χ0) is 23.7. The molecule has 0 bridgehead atoms. The molecule has 174 valence electrons. The Bertz CT molecular complexity index is 1580. The van der Waals surface area contributed by atoms with E-state index in [1.54, 1.807) is 42.0 Å². The molecule has 0 saturated heterocycles. The monoisotopic (exact) mass is 496 g/mol. The number of hydrogen-bond donors (Lipinski definition) is 1. The normalized spacial score (nSPS) is 11.8. The zero-order valence-electron chi connectivity index (χ0n) is 18.3. The maximum atomic E-state index is 12.7. The third-order valence-corrected chi connectivity index (χ3v) is 7.40. The van der Waals surface area contributed by atoms with Gasteiger partial charge in [0, 0.05) is 18.2 Å². The summed E-state index contributed by atoms with van der Waals surface area (Å²) in [4.78, 5) is 4.55. The van der Waals surface area contributed by atoms with Crippen LogP contribution in [0.4, 0.5) is 0 Å². The highest BCUT2D eigenvalue weighted by atomic mass is 32.2. The minimum absolute atomic E-state index is 0.0787. The summed E-state index contributed by atoms with van der Waals surface area (Å²) in [5.74, 6) is 1.61. The summed E-state index contributed by atoms with van der Waals surface area (Å²) >= 11 is 1.46. The van der Waals surface area contributed by atoms with Gasteiger partial charge in [-0.3, -0.25) is 0 Å². The average molecular weight is 497 g/mol. The van der Waals surface area contributed by atoms with Crippen LogP contribution < -0.4 is 14.2 Å².